The molecule has 1 aromatic heterocycles. The normalized spacial score (nSPS) is 8.11. The van der Waals surface area contributed by atoms with Gasteiger partial charge in [0.2, 0.25) is 5.95 Å². The average molecular weight is 150 g/mol. The van der Waals surface area contributed by atoms with Crippen LogP contribution in [0.4, 0.5) is 5.95 Å². The van der Waals surface area contributed by atoms with Crippen molar-refractivity contribution in [2.24, 2.45) is 0 Å². The molecule has 9 heavy (non-hydrogen) atoms. The second-order valence-corrected chi connectivity index (χ2v) is 1.73. The number of anilines is 1. The van der Waals surface area contributed by atoms with Gasteiger partial charge in [-0.3, -0.25) is 0 Å². The van der Waals surface area contributed by atoms with E-state index in [9.17, 15) is 0 Å². The predicted octanol–water partition coefficient (Wildman–Crippen LogP) is -0.0333. The number of thiol groups is 1. The van der Waals surface area contributed by atoms with Crippen LogP contribution in [-0.4, -0.2) is 39.5 Å². The maximum atomic E-state index is 5.19. The topological polar surface area (TPSA) is 51.8 Å². The van der Waals surface area contributed by atoms with Gasteiger partial charge >= 0.3 is 0 Å². The molecular weight excluding hydrogens is 145 g/mol. The Balaban J connectivity index is 0.000000640. The smallest absolute Gasteiger partial charge is 0.221 e. The van der Waals surface area contributed by atoms with Crippen molar-refractivity contribution in [3.05, 3.63) is 12.3 Å². The molecule has 5 heteroatoms. The van der Waals surface area contributed by atoms with Gasteiger partial charge in [-0.2, -0.15) is 0 Å². The second kappa shape index (κ2) is 4.11. The molecule has 3 nitrogen and oxygen atoms in total. The molecule has 1 rings (SSSR count). The standard InChI is InChI=1S/C4H5N3S.Na/c5-4-6-2-1-3(8)7-4;/h1-2H,(H3,5,6,7,8);. The third-order valence-electron chi connectivity index (χ3n) is 0.660. The molecule has 0 fully saturated rings. The average Bonchev–Trinajstić information content (AvgIpc) is 1.64. The summed E-state index contributed by atoms with van der Waals surface area (Å²) in [7, 11) is 0. The van der Waals surface area contributed by atoms with Crippen LogP contribution in [0.2, 0.25) is 0 Å². The Kier molecular flexibility index (Phi) is 4.22. The van der Waals surface area contributed by atoms with Crippen molar-refractivity contribution in [2.45, 2.75) is 5.03 Å². The fourth-order valence-corrected chi connectivity index (χ4v) is 0.533. The fraction of sp³-hybridized carbons (Fsp3) is 0. The van der Waals surface area contributed by atoms with E-state index >= 15 is 0 Å². The summed E-state index contributed by atoms with van der Waals surface area (Å²) in [5.41, 5.74) is 5.19. The van der Waals surface area contributed by atoms with Crippen LogP contribution in [0, 0.1) is 0 Å². The molecule has 0 aliphatic heterocycles. The molecule has 0 saturated heterocycles. The molecule has 0 unspecified atom stereocenters. The zero-order valence-corrected chi connectivity index (χ0v) is 7.97. The molecule has 0 saturated carbocycles. The van der Waals surface area contributed by atoms with Crippen molar-refractivity contribution in [1.82, 2.24) is 9.97 Å². The molecule has 0 spiro atoms. The largest absolute Gasteiger partial charge is 0.368 e. The van der Waals surface area contributed by atoms with E-state index in [1.54, 1.807) is 12.3 Å². The Hall–Kier alpha value is 0.230. The molecule has 0 bridgehead atoms. The van der Waals surface area contributed by atoms with Crippen molar-refractivity contribution >= 4 is 48.1 Å². The molecule has 0 atom stereocenters. The maximum absolute atomic E-state index is 5.19. The van der Waals surface area contributed by atoms with Crippen molar-refractivity contribution in [3.63, 3.8) is 0 Å². The fourth-order valence-electron chi connectivity index (χ4n) is 0.364. The van der Waals surface area contributed by atoms with Crippen LogP contribution in [0.1, 0.15) is 0 Å². The summed E-state index contributed by atoms with van der Waals surface area (Å²) in [4.78, 5) is 7.36. The van der Waals surface area contributed by atoms with E-state index in [-0.39, 0.29) is 35.5 Å². The van der Waals surface area contributed by atoms with Crippen molar-refractivity contribution < 1.29 is 0 Å². The minimum Gasteiger partial charge on any atom is -0.368 e. The van der Waals surface area contributed by atoms with Crippen LogP contribution in [0.25, 0.3) is 0 Å². The summed E-state index contributed by atoms with van der Waals surface area (Å²) < 4.78 is 0. The SMILES string of the molecule is Nc1nccc(S)n1.[Na]. The van der Waals surface area contributed by atoms with E-state index in [0.29, 0.717) is 5.03 Å². The molecule has 2 N–H and O–H groups in total. The van der Waals surface area contributed by atoms with Crippen LogP contribution >= 0.6 is 12.6 Å². The number of hydrogen-bond donors (Lipinski definition) is 2. The summed E-state index contributed by atoms with van der Waals surface area (Å²) in [6, 6.07) is 1.67. The molecule has 1 aromatic rings. The molecule has 0 aliphatic carbocycles. The summed E-state index contributed by atoms with van der Waals surface area (Å²) >= 11 is 3.92. The third-order valence-corrected chi connectivity index (χ3v) is 0.909. The monoisotopic (exact) mass is 150 g/mol. The first-order chi connectivity index (χ1) is 3.79. The molecule has 43 valence electrons. The first kappa shape index (κ1) is 9.23. The van der Waals surface area contributed by atoms with Gasteiger partial charge in [0.1, 0.15) is 0 Å². The van der Waals surface area contributed by atoms with Gasteiger partial charge in [-0.05, 0) is 6.07 Å². The first-order valence-corrected chi connectivity index (χ1v) is 2.51. The van der Waals surface area contributed by atoms with Crippen molar-refractivity contribution in [1.29, 1.82) is 0 Å². The Morgan fingerprint density at radius 1 is 1.56 bits per heavy atom. The van der Waals surface area contributed by atoms with Crippen molar-refractivity contribution in [3.8, 4) is 0 Å². The van der Waals surface area contributed by atoms with Crippen LogP contribution in [0.15, 0.2) is 17.3 Å². The summed E-state index contributed by atoms with van der Waals surface area (Å²) in [5.74, 6) is 0.262. The maximum Gasteiger partial charge on any atom is 0.221 e. The molecule has 0 amide bonds. The van der Waals surface area contributed by atoms with E-state index < -0.39 is 0 Å². The minimum atomic E-state index is 0. The first-order valence-electron chi connectivity index (χ1n) is 2.06. The van der Waals surface area contributed by atoms with Gasteiger partial charge in [-0.25, -0.2) is 9.97 Å². The van der Waals surface area contributed by atoms with Crippen molar-refractivity contribution in [2.75, 3.05) is 5.73 Å². The Bertz CT molecular complexity index is 176. The molecule has 1 radical (unpaired) electrons. The Labute approximate surface area is 80.8 Å². The van der Waals surface area contributed by atoms with Crippen LogP contribution < -0.4 is 5.73 Å². The Morgan fingerprint density at radius 3 is 2.56 bits per heavy atom. The van der Waals surface area contributed by atoms with Gasteiger partial charge in [0.25, 0.3) is 0 Å². The van der Waals surface area contributed by atoms with E-state index in [0.717, 1.165) is 0 Å². The molecular formula is C4H5N3NaS. The zero-order chi connectivity index (χ0) is 5.98. The summed E-state index contributed by atoms with van der Waals surface area (Å²) in [6.45, 7) is 0. The third kappa shape index (κ3) is 3.05. The number of nitrogens with two attached hydrogens (primary N) is 1. The van der Waals surface area contributed by atoms with Gasteiger partial charge in [-0.1, -0.05) is 0 Å². The number of nitrogen functional groups attached to an aromatic ring is 1. The van der Waals surface area contributed by atoms with E-state index in [2.05, 4.69) is 22.6 Å². The van der Waals surface area contributed by atoms with Crippen LogP contribution in [0.5, 0.6) is 0 Å². The zero-order valence-electron chi connectivity index (χ0n) is 5.07. The Morgan fingerprint density at radius 2 is 2.22 bits per heavy atom. The number of aromatic nitrogens is 2. The second-order valence-electron chi connectivity index (χ2n) is 1.27. The van der Waals surface area contributed by atoms with Gasteiger partial charge in [-0.15, -0.1) is 12.6 Å². The summed E-state index contributed by atoms with van der Waals surface area (Å²) in [5, 5.41) is 0.595. The van der Waals surface area contributed by atoms with E-state index in [1.165, 1.54) is 0 Å². The quantitative estimate of drug-likeness (QED) is 0.310. The van der Waals surface area contributed by atoms with Crippen LogP contribution in [0.3, 0.4) is 0 Å². The number of nitrogens with zero attached hydrogens (tertiary/aromatic N) is 2. The molecule has 0 aliphatic rings. The van der Waals surface area contributed by atoms with Gasteiger partial charge in [0.15, 0.2) is 0 Å². The van der Waals surface area contributed by atoms with Crippen LogP contribution in [-0.2, 0) is 0 Å². The van der Waals surface area contributed by atoms with Gasteiger partial charge in [0, 0.05) is 35.8 Å². The van der Waals surface area contributed by atoms with Gasteiger partial charge < -0.3 is 5.73 Å². The summed E-state index contributed by atoms with van der Waals surface area (Å²) in [6.07, 6.45) is 1.56. The predicted molar refractivity (Wildman–Crippen MR) is 39.5 cm³/mol. The molecule has 1 heterocycles. The number of rotatable bonds is 0. The van der Waals surface area contributed by atoms with Gasteiger partial charge in [0.05, 0.1) is 5.03 Å². The van der Waals surface area contributed by atoms with E-state index in [1.807, 2.05) is 0 Å². The minimum absolute atomic E-state index is 0. The number of hydrogen-bond acceptors (Lipinski definition) is 4. The molecule has 0 aromatic carbocycles. The van der Waals surface area contributed by atoms with E-state index in [4.69, 9.17) is 5.73 Å².